The Labute approximate surface area is 210 Å². The van der Waals surface area contributed by atoms with Gasteiger partial charge in [-0.3, -0.25) is 4.79 Å². The van der Waals surface area contributed by atoms with Gasteiger partial charge in [-0.2, -0.15) is 0 Å². The molecule has 0 aromatic rings. The van der Waals surface area contributed by atoms with Gasteiger partial charge >= 0.3 is 5.97 Å². The first kappa shape index (κ1) is 24.9. The quantitative estimate of drug-likeness (QED) is 0.284. The molecule has 0 unspecified atom stereocenters. The van der Waals surface area contributed by atoms with E-state index in [9.17, 15) is 4.79 Å². The first-order valence-corrected chi connectivity index (χ1v) is 14.5. The summed E-state index contributed by atoms with van der Waals surface area (Å²) in [5.41, 5.74) is 3.90. The summed E-state index contributed by atoms with van der Waals surface area (Å²) in [7, 11) is 0. The maximum atomic E-state index is 11.9. The fourth-order valence-electron chi connectivity index (χ4n) is 11.2. The summed E-state index contributed by atoms with van der Waals surface area (Å²) >= 11 is 0. The second-order valence-corrected chi connectivity index (χ2v) is 15.9. The Morgan fingerprint density at radius 3 is 2.06 bits per heavy atom. The fraction of sp³-hybridized carbons (Fsp3) is 0.906. The van der Waals surface area contributed by atoms with E-state index in [-0.39, 0.29) is 17.5 Å². The zero-order valence-corrected chi connectivity index (χ0v) is 23.8. The highest BCUT2D eigenvalue weighted by Crippen LogP contribution is 2.75. The molecule has 5 aliphatic rings. The van der Waals surface area contributed by atoms with Crippen molar-refractivity contribution >= 4 is 5.97 Å². The minimum atomic E-state index is -0.110. The Kier molecular flexibility index (Phi) is 5.40. The number of allylic oxidation sites excluding steroid dienone is 2. The van der Waals surface area contributed by atoms with Crippen LogP contribution in [0.15, 0.2) is 11.6 Å². The Hall–Kier alpha value is -0.790. The molecule has 4 saturated carbocycles. The third-order valence-corrected chi connectivity index (χ3v) is 13.0. The average molecular weight is 469 g/mol. The van der Waals surface area contributed by atoms with E-state index in [0.717, 1.165) is 18.3 Å². The summed E-state index contributed by atoms with van der Waals surface area (Å²) < 4.78 is 5.90. The number of esters is 1. The monoisotopic (exact) mass is 468 g/mol. The number of ether oxygens (including phenoxy) is 1. The number of carbonyl (C=O) groups is 1. The van der Waals surface area contributed by atoms with Gasteiger partial charge in [-0.1, -0.05) is 67.0 Å². The lowest BCUT2D eigenvalue weighted by Crippen LogP contribution is -2.63. The van der Waals surface area contributed by atoms with Gasteiger partial charge in [0.15, 0.2) is 0 Å². The summed E-state index contributed by atoms with van der Waals surface area (Å²) in [5.74, 6) is 2.09. The number of carbonyl (C=O) groups excluding carboxylic acids is 1. The van der Waals surface area contributed by atoms with Crippen molar-refractivity contribution in [2.75, 3.05) is 0 Å². The van der Waals surface area contributed by atoms with Gasteiger partial charge in [0.25, 0.3) is 0 Å². The van der Waals surface area contributed by atoms with Crippen molar-refractivity contribution in [1.29, 1.82) is 0 Å². The highest BCUT2D eigenvalue weighted by molar-refractivity contribution is 5.66. The molecule has 34 heavy (non-hydrogen) atoms. The van der Waals surface area contributed by atoms with E-state index in [0.29, 0.717) is 33.0 Å². The van der Waals surface area contributed by atoms with Gasteiger partial charge in [-0.05, 0) is 109 Å². The summed E-state index contributed by atoms with van der Waals surface area (Å²) in [6, 6.07) is 0. The number of hydrogen-bond acceptors (Lipinski definition) is 2. The van der Waals surface area contributed by atoms with E-state index in [1.807, 2.05) is 5.57 Å². The molecule has 0 heterocycles. The van der Waals surface area contributed by atoms with Crippen LogP contribution in [0.3, 0.4) is 0 Å². The third-order valence-electron chi connectivity index (χ3n) is 13.0. The molecule has 0 aromatic heterocycles. The van der Waals surface area contributed by atoms with Crippen molar-refractivity contribution in [3.05, 3.63) is 11.6 Å². The van der Waals surface area contributed by atoms with Crippen LogP contribution in [-0.2, 0) is 9.53 Å². The highest BCUT2D eigenvalue weighted by atomic mass is 16.5. The SMILES string of the molecule is CC(=O)O[C@@H]1CC[C@]2(C)[C@H]3CC[C@]4(C)C(=CC[C@]5(C)CCC(C)(C)C[C@H]54)[C@]3(C)CC[C@H]2C1(C)C. The second kappa shape index (κ2) is 7.38. The summed E-state index contributed by atoms with van der Waals surface area (Å²) in [6.45, 7) is 22.0. The lowest BCUT2D eigenvalue weighted by Gasteiger charge is -2.70. The van der Waals surface area contributed by atoms with E-state index in [2.05, 4.69) is 61.5 Å². The molecule has 0 N–H and O–H groups in total. The standard InChI is InChI=1S/C32H52O2/c1-21(33)34-26-13-17-30(7)22(28(26,4)5)11-15-31(8)23-10-14-29(6)19-18-27(2,3)20-25(29)32(23,9)16-12-24(30)31/h10,22,24-26H,11-20H2,1-9H3/t22-,24+,25+,26+,29+,30-,31-,32+/m0/s1. The molecule has 0 saturated heterocycles. The van der Waals surface area contributed by atoms with Crippen LogP contribution in [0.25, 0.3) is 0 Å². The molecular formula is C32H52O2. The van der Waals surface area contributed by atoms with Gasteiger partial charge in [-0.15, -0.1) is 0 Å². The van der Waals surface area contributed by atoms with Gasteiger partial charge < -0.3 is 4.74 Å². The van der Waals surface area contributed by atoms with Crippen LogP contribution >= 0.6 is 0 Å². The van der Waals surface area contributed by atoms with E-state index in [1.165, 1.54) is 57.8 Å². The molecule has 0 spiro atoms. The normalized spacial score (nSPS) is 51.1. The maximum absolute atomic E-state index is 11.9. The molecule has 2 nitrogen and oxygen atoms in total. The third kappa shape index (κ3) is 3.28. The molecule has 0 radical (unpaired) electrons. The topological polar surface area (TPSA) is 26.3 Å². The van der Waals surface area contributed by atoms with Crippen molar-refractivity contribution in [2.24, 2.45) is 50.2 Å². The zero-order valence-electron chi connectivity index (χ0n) is 23.8. The van der Waals surface area contributed by atoms with Crippen molar-refractivity contribution in [1.82, 2.24) is 0 Å². The molecule has 0 bridgehead atoms. The zero-order chi connectivity index (χ0) is 24.9. The Balaban J connectivity index is 1.51. The molecule has 5 aliphatic carbocycles. The van der Waals surface area contributed by atoms with E-state index in [1.54, 1.807) is 6.92 Å². The van der Waals surface area contributed by atoms with Crippen molar-refractivity contribution in [2.45, 2.75) is 133 Å². The average Bonchev–Trinajstić information content (AvgIpc) is 2.70. The van der Waals surface area contributed by atoms with E-state index >= 15 is 0 Å². The van der Waals surface area contributed by atoms with Crippen molar-refractivity contribution in [3.8, 4) is 0 Å². The summed E-state index contributed by atoms with van der Waals surface area (Å²) in [4.78, 5) is 11.9. The van der Waals surface area contributed by atoms with Gasteiger partial charge in [0.05, 0.1) is 0 Å². The molecule has 8 atom stereocenters. The van der Waals surface area contributed by atoms with Crippen LogP contribution in [0.5, 0.6) is 0 Å². The van der Waals surface area contributed by atoms with E-state index < -0.39 is 0 Å². The maximum Gasteiger partial charge on any atom is 0.302 e. The van der Waals surface area contributed by atoms with Crippen LogP contribution < -0.4 is 0 Å². The predicted molar refractivity (Wildman–Crippen MR) is 140 cm³/mol. The molecule has 4 fully saturated rings. The minimum absolute atomic E-state index is 0.0493. The summed E-state index contributed by atoms with van der Waals surface area (Å²) in [5, 5.41) is 0. The molecule has 2 heteroatoms. The van der Waals surface area contributed by atoms with Crippen LogP contribution in [0, 0.1) is 50.2 Å². The minimum Gasteiger partial charge on any atom is -0.462 e. The van der Waals surface area contributed by atoms with Crippen LogP contribution in [0.4, 0.5) is 0 Å². The molecule has 192 valence electrons. The first-order chi connectivity index (χ1) is 15.6. The summed E-state index contributed by atoms with van der Waals surface area (Å²) in [6.07, 6.45) is 15.9. The lowest BCUT2D eigenvalue weighted by molar-refractivity contribution is -0.198. The smallest absolute Gasteiger partial charge is 0.302 e. The van der Waals surface area contributed by atoms with Crippen LogP contribution in [0.1, 0.15) is 127 Å². The molecule has 0 aliphatic heterocycles. The van der Waals surface area contributed by atoms with Crippen molar-refractivity contribution < 1.29 is 9.53 Å². The van der Waals surface area contributed by atoms with Crippen molar-refractivity contribution in [3.63, 3.8) is 0 Å². The Morgan fingerprint density at radius 2 is 1.41 bits per heavy atom. The van der Waals surface area contributed by atoms with Gasteiger partial charge in [-0.25, -0.2) is 0 Å². The van der Waals surface area contributed by atoms with Gasteiger partial charge in [0, 0.05) is 12.3 Å². The van der Waals surface area contributed by atoms with Gasteiger partial charge in [0.2, 0.25) is 0 Å². The second-order valence-electron chi connectivity index (χ2n) is 15.9. The highest BCUT2D eigenvalue weighted by Gasteiger charge is 2.67. The molecule has 5 rings (SSSR count). The number of rotatable bonds is 1. The largest absolute Gasteiger partial charge is 0.462 e. The number of fused-ring (bicyclic) bond motifs is 7. The Bertz CT molecular complexity index is 897. The molecule has 0 amide bonds. The van der Waals surface area contributed by atoms with Gasteiger partial charge in [0.1, 0.15) is 6.10 Å². The number of hydrogen-bond donors (Lipinski definition) is 0. The molecule has 0 aromatic carbocycles. The molecular weight excluding hydrogens is 416 g/mol. The van der Waals surface area contributed by atoms with E-state index in [4.69, 9.17) is 4.74 Å². The Morgan fingerprint density at radius 1 is 0.794 bits per heavy atom. The first-order valence-electron chi connectivity index (χ1n) is 14.5. The fourth-order valence-corrected chi connectivity index (χ4v) is 11.2. The van der Waals surface area contributed by atoms with Crippen LogP contribution in [-0.4, -0.2) is 12.1 Å². The predicted octanol–water partition coefficient (Wildman–Crippen LogP) is 8.74. The lowest BCUT2D eigenvalue weighted by atomic mass is 9.34. The van der Waals surface area contributed by atoms with Crippen LogP contribution in [0.2, 0.25) is 0 Å².